The molecule has 1 saturated heterocycles. The van der Waals surface area contributed by atoms with E-state index in [1.165, 1.54) is 30.4 Å². The molecule has 0 saturated carbocycles. The maximum atomic E-state index is 5.63. The van der Waals surface area contributed by atoms with E-state index in [0.29, 0.717) is 12.0 Å². The number of nitrogens with one attached hydrogen (secondary N) is 1. The highest BCUT2D eigenvalue weighted by molar-refractivity contribution is 5.31. The summed E-state index contributed by atoms with van der Waals surface area (Å²) in [5.74, 6) is 0.706. The van der Waals surface area contributed by atoms with Crippen molar-refractivity contribution >= 4 is 0 Å². The van der Waals surface area contributed by atoms with Gasteiger partial charge in [0.1, 0.15) is 0 Å². The van der Waals surface area contributed by atoms with Gasteiger partial charge >= 0.3 is 0 Å². The average Bonchev–Trinajstić information content (AvgIpc) is 2.70. The molecule has 0 radical (unpaired) electrons. The van der Waals surface area contributed by atoms with Crippen LogP contribution in [0.25, 0.3) is 0 Å². The molecule has 0 aromatic heterocycles. The normalized spacial score (nSPS) is 27.1. The van der Waals surface area contributed by atoms with Crippen molar-refractivity contribution in [3.63, 3.8) is 0 Å². The summed E-state index contributed by atoms with van der Waals surface area (Å²) in [6.07, 6.45) is 3.74. The zero-order chi connectivity index (χ0) is 13.8. The topological polar surface area (TPSA) is 24.5 Å². The Hall–Kier alpha value is -0.900. The van der Waals surface area contributed by atoms with Crippen LogP contribution in [0.5, 0.6) is 0 Å². The van der Waals surface area contributed by atoms with Crippen LogP contribution in [0.4, 0.5) is 0 Å². The van der Waals surface area contributed by atoms with Gasteiger partial charge in [-0.2, -0.15) is 0 Å². The van der Waals surface area contributed by atoms with Crippen molar-refractivity contribution in [1.29, 1.82) is 0 Å². The Morgan fingerprint density at radius 1 is 1.30 bits per heavy atom. The zero-order valence-electron chi connectivity index (χ0n) is 12.5. The van der Waals surface area contributed by atoms with Crippen LogP contribution in [-0.4, -0.2) is 38.3 Å². The third-order valence-corrected chi connectivity index (χ3v) is 4.66. The second kappa shape index (κ2) is 6.70. The molecule has 2 aliphatic rings. The van der Waals surface area contributed by atoms with Gasteiger partial charge in [0.2, 0.25) is 0 Å². The maximum Gasteiger partial charge on any atom is 0.0506 e. The lowest BCUT2D eigenvalue weighted by molar-refractivity contribution is 0.0355. The van der Waals surface area contributed by atoms with Gasteiger partial charge in [0.15, 0.2) is 0 Å². The second-order valence-corrected chi connectivity index (χ2v) is 6.20. The van der Waals surface area contributed by atoms with Crippen molar-refractivity contribution < 1.29 is 4.74 Å². The van der Waals surface area contributed by atoms with Gasteiger partial charge in [-0.05, 0) is 49.9 Å². The fourth-order valence-electron chi connectivity index (χ4n) is 3.58. The first-order valence-corrected chi connectivity index (χ1v) is 7.91. The van der Waals surface area contributed by atoms with E-state index >= 15 is 0 Å². The summed E-state index contributed by atoms with van der Waals surface area (Å²) in [5.41, 5.74) is 2.97. The smallest absolute Gasteiger partial charge is 0.0506 e. The Kier molecular flexibility index (Phi) is 4.71. The molecular weight excluding hydrogens is 248 g/mol. The molecule has 2 heterocycles. The SMILES string of the molecule is CN(CC1CCCOC1)C1CCNCc2ccccc21. The Labute approximate surface area is 122 Å². The van der Waals surface area contributed by atoms with Crippen molar-refractivity contribution in [3.8, 4) is 0 Å². The van der Waals surface area contributed by atoms with E-state index in [1.54, 1.807) is 0 Å². The van der Waals surface area contributed by atoms with Gasteiger partial charge in [0.05, 0.1) is 6.61 Å². The molecule has 3 rings (SSSR count). The summed E-state index contributed by atoms with van der Waals surface area (Å²) in [6, 6.07) is 9.44. The van der Waals surface area contributed by atoms with E-state index in [2.05, 4.69) is 41.5 Å². The van der Waals surface area contributed by atoms with Crippen molar-refractivity contribution in [3.05, 3.63) is 35.4 Å². The van der Waals surface area contributed by atoms with Crippen LogP contribution < -0.4 is 5.32 Å². The van der Waals surface area contributed by atoms with Gasteiger partial charge in [0.25, 0.3) is 0 Å². The molecule has 0 amide bonds. The van der Waals surface area contributed by atoms with Crippen LogP contribution in [0.15, 0.2) is 24.3 Å². The van der Waals surface area contributed by atoms with Gasteiger partial charge in [-0.25, -0.2) is 0 Å². The van der Waals surface area contributed by atoms with Crippen LogP contribution in [-0.2, 0) is 11.3 Å². The van der Waals surface area contributed by atoms with Gasteiger partial charge in [-0.1, -0.05) is 24.3 Å². The highest BCUT2D eigenvalue weighted by Crippen LogP contribution is 2.29. The van der Waals surface area contributed by atoms with Crippen molar-refractivity contribution in [1.82, 2.24) is 10.2 Å². The molecule has 20 heavy (non-hydrogen) atoms. The largest absolute Gasteiger partial charge is 0.381 e. The molecule has 1 aromatic carbocycles. The third kappa shape index (κ3) is 3.22. The third-order valence-electron chi connectivity index (χ3n) is 4.66. The van der Waals surface area contributed by atoms with Crippen molar-refractivity contribution in [2.45, 2.75) is 31.8 Å². The van der Waals surface area contributed by atoms with E-state index in [1.807, 2.05) is 0 Å². The summed E-state index contributed by atoms with van der Waals surface area (Å²) in [4.78, 5) is 2.55. The zero-order valence-corrected chi connectivity index (χ0v) is 12.5. The average molecular weight is 274 g/mol. The molecule has 0 spiro atoms. The van der Waals surface area contributed by atoms with E-state index in [0.717, 1.165) is 32.8 Å². The summed E-state index contributed by atoms with van der Waals surface area (Å²) in [7, 11) is 2.28. The van der Waals surface area contributed by atoms with E-state index in [9.17, 15) is 0 Å². The molecule has 2 unspecified atom stereocenters. The summed E-state index contributed by atoms with van der Waals surface area (Å²) >= 11 is 0. The second-order valence-electron chi connectivity index (χ2n) is 6.20. The number of hydrogen-bond donors (Lipinski definition) is 1. The minimum absolute atomic E-state index is 0.545. The predicted octanol–water partition coefficient (Wildman–Crippen LogP) is 2.58. The number of nitrogens with zero attached hydrogens (tertiary/aromatic N) is 1. The van der Waals surface area contributed by atoms with Crippen LogP contribution >= 0.6 is 0 Å². The first-order valence-electron chi connectivity index (χ1n) is 7.91. The van der Waals surface area contributed by atoms with Gasteiger partial charge < -0.3 is 10.1 Å². The summed E-state index contributed by atoms with van der Waals surface area (Å²) < 4.78 is 5.63. The van der Waals surface area contributed by atoms with Crippen LogP contribution in [0.3, 0.4) is 0 Å². The number of rotatable bonds is 3. The number of fused-ring (bicyclic) bond motifs is 1. The molecule has 0 bridgehead atoms. The Bertz CT molecular complexity index is 429. The highest BCUT2D eigenvalue weighted by Gasteiger charge is 2.24. The molecule has 110 valence electrons. The van der Waals surface area contributed by atoms with E-state index < -0.39 is 0 Å². The monoisotopic (exact) mass is 274 g/mol. The number of hydrogen-bond acceptors (Lipinski definition) is 3. The summed E-state index contributed by atoms with van der Waals surface area (Å²) in [6.45, 7) is 5.16. The number of ether oxygens (including phenoxy) is 1. The fourth-order valence-corrected chi connectivity index (χ4v) is 3.58. The van der Waals surface area contributed by atoms with Crippen molar-refractivity contribution in [2.24, 2.45) is 5.92 Å². The van der Waals surface area contributed by atoms with Gasteiger partial charge in [0, 0.05) is 25.7 Å². The van der Waals surface area contributed by atoms with Crippen molar-refractivity contribution in [2.75, 3.05) is 33.4 Å². The molecule has 1 N–H and O–H groups in total. The lowest BCUT2D eigenvalue weighted by Crippen LogP contribution is -2.34. The quantitative estimate of drug-likeness (QED) is 0.917. The Morgan fingerprint density at radius 3 is 3.05 bits per heavy atom. The van der Waals surface area contributed by atoms with Crippen LogP contribution in [0.2, 0.25) is 0 Å². The molecule has 2 atom stereocenters. The lowest BCUT2D eigenvalue weighted by atomic mass is 9.96. The minimum Gasteiger partial charge on any atom is -0.381 e. The minimum atomic E-state index is 0.545. The molecule has 1 fully saturated rings. The van der Waals surface area contributed by atoms with Crippen LogP contribution in [0, 0.1) is 5.92 Å². The molecule has 3 nitrogen and oxygen atoms in total. The fraction of sp³-hybridized carbons (Fsp3) is 0.647. The Morgan fingerprint density at radius 2 is 2.20 bits per heavy atom. The van der Waals surface area contributed by atoms with Gasteiger partial charge in [-0.3, -0.25) is 4.90 Å². The predicted molar refractivity (Wildman–Crippen MR) is 81.7 cm³/mol. The molecule has 0 aliphatic carbocycles. The van der Waals surface area contributed by atoms with E-state index in [4.69, 9.17) is 4.74 Å². The lowest BCUT2D eigenvalue weighted by Gasteiger charge is -2.33. The standard InChI is InChI=1S/C17H26N2O/c1-19(12-14-5-4-10-20-13-14)17-8-9-18-11-15-6-2-3-7-16(15)17/h2-3,6-7,14,17-18H,4-5,8-13H2,1H3. The molecule has 1 aromatic rings. The first kappa shape index (κ1) is 14.1. The summed E-state index contributed by atoms with van der Waals surface area (Å²) in [5, 5.41) is 3.54. The van der Waals surface area contributed by atoms with Crippen LogP contribution in [0.1, 0.15) is 36.4 Å². The molecular formula is C17H26N2O. The molecule has 3 heteroatoms. The molecule has 2 aliphatic heterocycles. The maximum absolute atomic E-state index is 5.63. The Balaban J connectivity index is 1.71. The first-order chi connectivity index (χ1) is 9.84. The highest BCUT2D eigenvalue weighted by atomic mass is 16.5. The number of benzene rings is 1. The van der Waals surface area contributed by atoms with Gasteiger partial charge in [-0.15, -0.1) is 0 Å². The van der Waals surface area contributed by atoms with E-state index in [-0.39, 0.29) is 0 Å².